The molecule has 0 unspecified atom stereocenters. The second kappa shape index (κ2) is 5.72. The Kier molecular flexibility index (Phi) is 4.58. The fraction of sp³-hybridized carbons (Fsp3) is 0.364. The van der Waals surface area contributed by atoms with Crippen LogP contribution in [-0.4, -0.2) is 12.0 Å². The van der Waals surface area contributed by atoms with Crippen LogP contribution in [0.25, 0.3) is 0 Å². The highest BCUT2D eigenvalue weighted by molar-refractivity contribution is 6.33. The van der Waals surface area contributed by atoms with Gasteiger partial charge in [0.25, 0.3) is 0 Å². The predicted molar refractivity (Wildman–Crippen MR) is 69.7 cm³/mol. The quantitative estimate of drug-likeness (QED) is 0.322. The van der Waals surface area contributed by atoms with Gasteiger partial charge in [0.2, 0.25) is 5.96 Å². The number of nitrogens with zero attached hydrogens (tertiary/aromatic N) is 1. The molecular weight excluding hydrogens is 224 g/mol. The fourth-order valence-corrected chi connectivity index (χ4v) is 1.50. The molecule has 0 radical (unpaired) electrons. The Bertz CT molecular complexity index is 388. The Hall–Kier alpha value is -1.26. The van der Waals surface area contributed by atoms with E-state index in [4.69, 9.17) is 17.4 Å². The average molecular weight is 241 g/mol. The number of hydrazine groups is 1. The van der Waals surface area contributed by atoms with Crippen LogP contribution in [0, 0.1) is 6.92 Å². The number of hydrogen-bond donors (Lipinski definition) is 3. The summed E-state index contributed by atoms with van der Waals surface area (Å²) in [5.41, 5.74) is 4.40. The monoisotopic (exact) mass is 240 g/mol. The van der Waals surface area contributed by atoms with Crippen molar-refractivity contribution in [2.75, 3.05) is 5.32 Å². The molecule has 5 heteroatoms. The second-order valence-corrected chi connectivity index (χ2v) is 4.23. The molecule has 16 heavy (non-hydrogen) atoms. The van der Waals surface area contributed by atoms with E-state index in [2.05, 4.69) is 15.7 Å². The molecule has 1 aromatic rings. The molecule has 0 saturated heterocycles. The minimum atomic E-state index is 0.155. The van der Waals surface area contributed by atoms with E-state index in [0.717, 1.165) is 11.3 Å². The molecule has 0 aliphatic heterocycles. The third-order valence-electron chi connectivity index (χ3n) is 1.90. The molecule has 0 aliphatic carbocycles. The number of hydrogen-bond acceptors (Lipinski definition) is 2. The third kappa shape index (κ3) is 3.72. The summed E-state index contributed by atoms with van der Waals surface area (Å²) in [7, 11) is 0. The molecule has 1 aromatic carbocycles. The minimum absolute atomic E-state index is 0.155. The van der Waals surface area contributed by atoms with Crippen LogP contribution in [0.15, 0.2) is 23.2 Å². The molecule has 4 nitrogen and oxygen atoms in total. The van der Waals surface area contributed by atoms with E-state index >= 15 is 0 Å². The zero-order valence-electron chi connectivity index (χ0n) is 9.71. The highest BCUT2D eigenvalue weighted by atomic mass is 35.5. The van der Waals surface area contributed by atoms with Gasteiger partial charge in [0.1, 0.15) is 0 Å². The van der Waals surface area contributed by atoms with E-state index in [9.17, 15) is 0 Å². The Morgan fingerprint density at radius 2 is 2.12 bits per heavy atom. The van der Waals surface area contributed by atoms with Crippen LogP contribution >= 0.6 is 11.6 Å². The van der Waals surface area contributed by atoms with E-state index < -0.39 is 0 Å². The summed E-state index contributed by atoms with van der Waals surface area (Å²) in [6.45, 7) is 5.92. The van der Waals surface area contributed by atoms with Gasteiger partial charge in [-0.2, -0.15) is 0 Å². The number of anilines is 1. The van der Waals surface area contributed by atoms with Crippen LogP contribution in [-0.2, 0) is 0 Å². The maximum absolute atomic E-state index is 6.08. The number of halogens is 1. The van der Waals surface area contributed by atoms with E-state index in [1.807, 2.05) is 39.0 Å². The summed E-state index contributed by atoms with van der Waals surface area (Å²) in [4.78, 5) is 4.27. The Balaban J connectivity index is 2.86. The van der Waals surface area contributed by atoms with Gasteiger partial charge in [-0.15, -0.1) is 0 Å². The van der Waals surface area contributed by atoms with E-state index in [1.54, 1.807) is 0 Å². The smallest absolute Gasteiger partial charge is 0.210 e. The van der Waals surface area contributed by atoms with Crippen LogP contribution in [0.2, 0.25) is 5.02 Å². The van der Waals surface area contributed by atoms with Crippen molar-refractivity contribution >= 4 is 23.2 Å². The molecule has 0 amide bonds. The maximum Gasteiger partial charge on any atom is 0.210 e. The topological polar surface area (TPSA) is 62.4 Å². The van der Waals surface area contributed by atoms with Crippen molar-refractivity contribution in [3.63, 3.8) is 0 Å². The molecule has 0 aliphatic rings. The molecule has 0 bridgehead atoms. The van der Waals surface area contributed by atoms with Gasteiger partial charge in [0.05, 0.1) is 10.7 Å². The summed E-state index contributed by atoms with van der Waals surface area (Å²) in [6.07, 6.45) is 0. The molecule has 0 fully saturated rings. The van der Waals surface area contributed by atoms with Crippen LogP contribution in [0.5, 0.6) is 0 Å². The highest BCUT2D eigenvalue weighted by Crippen LogP contribution is 2.22. The van der Waals surface area contributed by atoms with E-state index in [0.29, 0.717) is 11.0 Å². The SMILES string of the molecule is Cc1ccc(NC(=NC(C)C)NN)c(Cl)c1. The first-order valence-electron chi connectivity index (χ1n) is 5.10. The number of benzene rings is 1. The Morgan fingerprint density at radius 3 is 2.62 bits per heavy atom. The lowest BCUT2D eigenvalue weighted by Gasteiger charge is -2.12. The normalized spacial score (nSPS) is 11.8. The van der Waals surface area contributed by atoms with Crippen molar-refractivity contribution in [1.29, 1.82) is 0 Å². The van der Waals surface area contributed by atoms with Gasteiger partial charge in [-0.3, -0.25) is 5.43 Å². The molecule has 4 N–H and O–H groups in total. The van der Waals surface area contributed by atoms with Crippen molar-refractivity contribution in [1.82, 2.24) is 5.43 Å². The van der Waals surface area contributed by atoms with Gasteiger partial charge in [-0.05, 0) is 38.5 Å². The van der Waals surface area contributed by atoms with Crippen LogP contribution < -0.4 is 16.6 Å². The van der Waals surface area contributed by atoms with Gasteiger partial charge >= 0.3 is 0 Å². The van der Waals surface area contributed by atoms with Crippen molar-refractivity contribution in [3.8, 4) is 0 Å². The van der Waals surface area contributed by atoms with Gasteiger partial charge in [-0.1, -0.05) is 17.7 Å². The molecule has 0 heterocycles. The van der Waals surface area contributed by atoms with Crippen LogP contribution in [0.1, 0.15) is 19.4 Å². The van der Waals surface area contributed by atoms with Crippen molar-refractivity contribution in [2.24, 2.45) is 10.8 Å². The van der Waals surface area contributed by atoms with Crippen LogP contribution in [0.4, 0.5) is 5.69 Å². The Labute approximate surface area is 101 Å². The van der Waals surface area contributed by atoms with Crippen LogP contribution in [0.3, 0.4) is 0 Å². The standard InChI is InChI=1S/C11H17ClN4/c1-7(2)14-11(16-13)15-10-5-4-8(3)6-9(10)12/h4-7H,13H2,1-3H3,(H2,14,15,16). The number of rotatable bonds is 2. The molecule has 0 spiro atoms. The summed E-state index contributed by atoms with van der Waals surface area (Å²) in [6, 6.07) is 5.90. The predicted octanol–water partition coefficient (Wildman–Crippen LogP) is 2.29. The third-order valence-corrected chi connectivity index (χ3v) is 2.21. The van der Waals surface area contributed by atoms with Gasteiger partial charge < -0.3 is 5.32 Å². The molecule has 0 aromatic heterocycles. The largest absolute Gasteiger partial charge is 0.324 e. The molecule has 88 valence electrons. The lowest BCUT2D eigenvalue weighted by atomic mass is 10.2. The lowest BCUT2D eigenvalue weighted by Crippen LogP contribution is -2.37. The number of nitrogens with one attached hydrogen (secondary N) is 2. The maximum atomic E-state index is 6.08. The van der Waals surface area contributed by atoms with Gasteiger partial charge in [0, 0.05) is 6.04 Å². The van der Waals surface area contributed by atoms with E-state index in [1.165, 1.54) is 0 Å². The van der Waals surface area contributed by atoms with E-state index in [-0.39, 0.29) is 6.04 Å². The van der Waals surface area contributed by atoms with Gasteiger partial charge in [-0.25, -0.2) is 10.8 Å². The summed E-state index contributed by atoms with van der Waals surface area (Å²) >= 11 is 6.08. The molecular formula is C11H17ClN4. The average Bonchev–Trinajstić information content (AvgIpc) is 2.20. The second-order valence-electron chi connectivity index (χ2n) is 3.82. The lowest BCUT2D eigenvalue weighted by molar-refractivity contribution is 0.819. The first-order chi connectivity index (χ1) is 7.52. The summed E-state index contributed by atoms with van der Waals surface area (Å²) in [5, 5.41) is 3.68. The molecule has 0 saturated carbocycles. The fourth-order valence-electron chi connectivity index (χ4n) is 1.21. The number of aliphatic imine (C=N–C) groups is 1. The van der Waals surface area contributed by atoms with Crippen molar-refractivity contribution < 1.29 is 0 Å². The Morgan fingerprint density at radius 1 is 1.44 bits per heavy atom. The molecule has 1 rings (SSSR count). The molecule has 0 atom stereocenters. The summed E-state index contributed by atoms with van der Waals surface area (Å²) in [5.74, 6) is 5.86. The highest BCUT2D eigenvalue weighted by Gasteiger charge is 2.03. The summed E-state index contributed by atoms with van der Waals surface area (Å²) < 4.78 is 0. The zero-order chi connectivity index (χ0) is 12.1. The number of aryl methyl sites for hydroxylation is 1. The number of guanidine groups is 1. The van der Waals surface area contributed by atoms with Crippen molar-refractivity contribution in [3.05, 3.63) is 28.8 Å². The van der Waals surface area contributed by atoms with Gasteiger partial charge in [0.15, 0.2) is 0 Å². The number of nitrogens with two attached hydrogens (primary N) is 1. The van der Waals surface area contributed by atoms with Crippen molar-refractivity contribution in [2.45, 2.75) is 26.8 Å². The zero-order valence-corrected chi connectivity index (χ0v) is 10.5. The first-order valence-corrected chi connectivity index (χ1v) is 5.48. The minimum Gasteiger partial charge on any atom is -0.324 e. The first kappa shape index (κ1) is 12.8.